The summed E-state index contributed by atoms with van der Waals surface area (Å²) in [6.45, 7) is 1.96. The largest absolute Gasteiger partial charge is 0.400 e. The number of halogens is 2. The topological polar surface area (TPSA) is 63.3 Å². The molecular weight excluding hydrogens is 413 g/mol. The van der Waals surface area contributed by atoms with Crippen LogP contribution in [0.15, 0.2) is 30.4 Å². The van der Waals surface area contributed by atoms with Gasteiger partial charge in [-0.2, -0.15) is 0 Å². The van der Waals surface area contributed by atoms with Gasteiger partial charge in [-0.15, -0.1) is 11.3 Å². The highest BCUT2D eigenvalue weighted by Crippen LogP contribution is 2.32. The molecule has 0 spiro atoms. The summed E-state index contributed by atoms with van der Waals surface area (Å²) in [7, 11) is 1.00. The van der Waals surface area contributed by atoms with Gasteiger partial charge in [-0.05, 0) is 69.4 Å². The zero-order valence-electron chi connectivity index (χ0n) is 17.1. The second-order valence-corrected chi connectivity index (χ2v) is 8.93. The van der Waals surface area contributed by atoms with E-state index in [9.17, 15) is 4.79 Å². The van der Waals surface area contributed by atoms with E-state index in [0.29, 0.717) is 6.42 Å². The predicted molar refractivity (Wildman–Crippen MR) is 124 cm³/mol. The highest BCUT2D eigenvalue weighted by atomic mass is 35.5. The number of nitrogens with two attached hydrogens (primary N) is 1. The molecule has 0 radical (unpaired) electrons. The lowest BCUT2D eigenvalue weighted by atomic mass is 10.1. The van der Waals surface area contributed by atoms with Gasteiger partial charge in [0.25, 0.3) is 0 Å². The minimum absolute atomic E-state index is 0.209. The van der Waals surface area contributed by atoms with Crippen LogP contribution in [0, 0.1) is 5.92 Å². The zero-order chi connectivity index (χ0) is 21.2. The number of amides is 1. The van der Waals surface area contributed by atoms with Gasteiger partial charge in [0.15, 0.2) is 0 Å². The number of aliphatic hydroxyl groups excluding tert-OH is 1. The summed E-state index contributed by atoms with van der Waals surface area (Å²) in [5, 5.41) is 7.00. The molecule has 6 heteroatoms. The third-order valence-electron chi connectivity index (χ3n) is 4.38. The van der Waals surface area contributed by atoms with Crippen molar-refractivity contribution in [1.82, 2.24) is 0 Å². The van der Waals surface area contributed by atoms with E-state index in [4.69, 9.17) is 34.0 Å². The van der Waals surface area contributed by atoms with E-state index in [1.807, 2.05) is 25.1 Å². The lowest BCUT2D eigenvalue weighted by Crippen LogP contribution is -2.09. The van der Waals surface area contributed by atoms with Gasteiger partial charge < -0.3 is 10.8 Å². The van der Waals surface area contributed by atoms with Crippen LogP contribution in [0.25, 0.3) is 0 Å². The number of hydrogen-bond donors (Lipinski definition) is 2. The van der Waals surface area contributed by atoms with Crippen LogP contribution in [0.2, 0.25) is 8.67 Å². The number of aliphatic hydroxyl groups is 1. The fourth-order valence-electron chi connectivity index (χ4n) is 2.95. The first-order valence-electron chi connectivity index (χ1n) is 9.97. The van der Waals surface area contributed by atoms with Crippen molar-refractivity contribution >= 4 is 40.4 Å². The second-order valence-electron chi connectivity index (χ2n) is 6.64. The number of carbonyl (C=O) groups excluding carboxylic acids is 1. The number of thiophene rings is 1. The Morgan fingerprint density at radius 1 is 1.21 bits per heavy atom. The van der Waals surface area contributed by atoms with E-state index in [0.717, 1.165) is 53.8 Å². The van der Waals surface area contributed by atoms with E-state index in [-0.39, 0.29) is 5.91 Å². The van der Waals surface area contributed by atoms with Crippen molar-refractivity contribution in [2.24, 2.45) is 11.7 Å². The van der Waals surface area contributed by atoms with Crippen LogP contribution in [0.3, 0.4) is 0 Å². The van der Waals surface area contributed by atoms with Gasteiger partial charge in [-0.1, -0.05) is 60.3 Å². The third-order valence-corrected chi connectivity index (χ3v) is 5.95. The number of carbonyl (C=O) groups is 1. The Labute approximate surface area is 184 Å². The SMILES string of the molecule is C/C=C\CCCC(N)=O.CO.Clc1cc(CCC/C=C/C2CCCC2)c(Cl)s1. The number of rotatable bonds is 9. The summed E-state index contributed by atoms with van der Waals surface area (Å²) in [5.74, 6) is 0.647. The predicted octanol–water partition coefficient (Wildman–Crippen LogP) is 6.95. The first-order chi connectivity index (χ1) is 13.5. The fourth-order valence-corrected chi connectivity index (χ4v) is 4.50. The van der Waals surface area contributed by atoms with Crippen LogP contribution in [0.1, 0.15) is 70.3 Å². The number of hydrogen-bond acceptors (Lipinski definition) is 3. The fraction of sp³-hybridized carbons (Fsp3) is 0.591. The molecule has 1 saturated carbocycles. The first kappa shape index (κ1) is 27.2. The average Bonchev–Trinajstić information content (AvgIpc) is 3.30. The van der Waals surface area contributed by atoms with Crippen LogP contribution >= 0.6 is 34.5 Å². The van der Waals surface area contributed by atoms with Crippen molar-refractivity contribution in [3.8, 4) is 0 Å². The van der Waals surface area contributed by atoms with E-state index < -0.39 is 0 Å². The summed E-state index contributed by atoms with van der Waals surface area (Å²) in [4.78, 5) is 10.2. The van der Waals surface area contributed by atoms with Crippen LogP contribution in [0.4, 0.5) is 0 Å². The molecule has 3 N–H and O–H groups in total. The number of allylic oxidation sites excluding steroid dienone is 4. The van der Waals surface area contributed by atoms with Gasteiger partial charge >= 0.3 is 0 Å². The standard InChI is InChI=1S/C14H18Cl2S.C7H13NO.CH4O/c15-13-10-12(14(16)17-13)9-3-1-2-6-11-7-4-5-8-11;1-2-3-4-5-6-7(8)9;1-2/h2,6,10-11H,1,3-5,7-9H2;2-3H,4-6H2,1H3,(H2,8,9);2H,1H3/b6-2+;3-2-;. The summed E-state index contributed by atoms with van der Waals surface area (Å²) in [6.07, 6.45) is 20.1. The molecule has 1 heterocycles. The van der Waals surface area contributed by atoms with Crippen molar-refractivity contribution in [2.75, 3.05) is 7.11 Å². The molecule has 160 valence electrons. The molecule has 1 amide bonds. The van der Waals surface area contributed by atoms with E-state index in [1.165, 1.54) is 42.6 Å². The first-order valence-corrected chi connectivity index (χ1v) is 11.5. The highest BCUT2D eigenvalue weighted by molar-refractivity contribution is 7.20. The molecule has 1 aromatic heterocycles. The number of aryl methyl sites for hydroxylation is 1. The summed E-state index contributed by atoms with van der Waals surface area (Å²) < 4.78 is 1.65. The smallest absolute Gasteiger partial charge is 0.217 e. The number of primary amides is 1. The maximum atomic E-state index is 10.2. The molecular formula is C22H35Cl2NO2S. The monoisotopic (exact) mass is 447 g/mol. The molecule has 3 nitrogen and oxygen atoms in total. The molecule has 1 fully saturated rings. The van der Waals surface area contributed by atoms with Gasteiger partial charge in [-0.3, -0.25) is 4.79 Å². The Morgan fingerprint density at radius 2 is 1.86 bits per heavy atom. The van der Waals surface area contributed by atoms with E-state index >= 15 is 0 Å². The molecule has 0 unspecified atom stereocenters. The average molecular weight is 449 g/mol. The molecule has 28 heavy (non-hydrogen) atoms. The molecule has 0 aromatic carbocycles. The van der Waals surface area contributed by atoms with Crippen LogP contribution in [-0.2, 0) is 11.2 Å². The van der Waals surface area contributed by atoms with Gasteiger partial charge in [0.2, 0.25) is 5.91 Å². The maximum absolute atomic E-state index is 10.2. The molecule has 1 aliphatic carbocycles. The van der Waals surface area contributed by atoms with Crippen LogP contribution in [-0.4, -0.2) is 18.1 Å². The molecule has 1 aliphatic rings. The molecule has 0 saturated heterocycles. The molecule has 2 rings (SSSR count). The Kier molecular flexibility index (Phi) is 17.7. The van der Waals surface area contributed by atoms with Crippen molar-refractivity contribution in [3.63, 3.8) is 0 Å². The summed E-state index contributed by atoms with van der Waals surface area (Å²) >= 11 is 13.5. The van der Waals surface area contributed by atoms with Gasteiger partial charge in [0, 0.05) is 13.5 Å². The van der Waals surface area contributed by atoms with Crippen molar-refractivity contribution in [1.29, 1.82) is 0 Å². The zero-order valence-corrected chi connectivity index (χ0v) is 19.5. The Hall–Kier alpha value is -0.810. The second kappa shape index (κ2) is 18.2. The van der Waals surface area contributed by atoms with E-state index in [1.54, 1.807) is 0 Å². The summed E-state index contributed by atoms with van der Waals surface area (Å²) in [5.41, 5.74) is 6.12. The van der Waals surface area contributed by atoms with Crippen molar-refractivity contribution in [3.05, 3.63) is 44.6 Å². The Bertz CT molecular complexity index is 579. The molecule has 1 aromatic rings. The number of unbranched alkanes of at least 4 members (excludes halogenated alkanes) is 2. The molecule has 0 bridgehead atoms. The quantitative estimate of drug-likeness (QED) is 0.317. The lowest BCUT2D eigenvalue weighted by Gasteiger charge is -2.00. The summed E-state index contributed by atoms with van der Waals surface area (Å²) in [6, 6.07) is 2.00. The van der Waals surface area contributed by atoms with Crippen molar-refractivity contribution < 1.29 is 9.90 Å². The maximum Gasteiger partial charge on any atom is 0.217 e. The van der Waals surface area contributed by atoms with Crippen molar-refractivity contribution in [2.45, 2.75) is 71.1 Å². The third kappa shape index (κ3) is 14.2. The van der Waals surface area contributed by atoms with Gasteiger partial charge in [0.1, 0.15) is 0 Å². The van der Waals surface area contributed by atoms with Crippen LogP contribution in [0.5, 0.6) is 0 Å². The van der Waals surface area contributed by atoms with Gasteiger partial charge in [-0.25, -0.2) is 0 Å². The van der Waals surface area contributed by atoms with Crippen LogP contribution < -0.4 is 5.73 Å². The minimum atomic E-state index is -0.209. The molecule has 0 atom stereocenters. The minimum Gasteiger partial charge on any atom is -0.400 e. The van der Waals surface area contributed by atoms with E-state index in [2.05, 4.69) is 12.2 Å². The lowest BCUT2D eigenvalue weighted by molar-refractivity contribution is -0.118. The normalized spacial score (nSPS) is 14.0. The Balaban J connectivity index is 0.000000566. The highest BCUT2D eigenvalue weighted by Gasteiger charge is 2.10. The van der Waals surface area contributed by atoms with Gasteiger partial charge in [0.05, 0.1) is 8.67 Å². The molecule has 0 aliphatic heterocycles. The Morgan fingerprint density at radius 3 is 2.39 bits per heavy atom.